The Morgan fingerprint density at radius 3 is 2.43 bits per heavy atom. The van der Waals surface area contributed by atoms with Crippen molar-refractivity contribution in [3.05, 3.63) is 57.6 Å². The highest BCUT2D eigenvalue weighted by Crippen LogP contribution is 2.36. The Morgan fingerprint density at radius 1 is 1.19 bits per heavy atom. The van der Waals surface area contributed by atoms with Gasteiger partial charge in [0.15, 0.2) is 11.5 Å². The van der Waals surface area contributed by atoms with Crippen LogP contribution in [0.5, 0.6) is 11.5 Å². The molecule has 2 aromatic rings. The largest absolute Gasteiger partial charge is 0.493 e. The second-order valence-corrected chi connectivity index (χ2v) is 5.27. The van der Waals surface area contributed by atoms with Gasteiger partial charge in [-0.15, -0.1) is 0 Å². The lowest BCUT2D eigenvalue weighted by molar-refractivity contribution is 0.112. The first kappa shape index (κ1) is 15.5. The van der Waals surface area contributed by atoms with Crippen molar-refractivity contribution in [1.82, 2.24) is 0 Å². The van der Waals surface area contributed by atoms with E-state index in [0.29, 0.717) is 28.1 Å². The molecule has 1 N–H and O–H groups in total. The van der Waals surface area contributed by atoms with Gasteiger partial charge in [-0.1, -0.05) is 24.3 Å². The van der Waals surface area contributed by atoms with Crippen molar-refractivity contribution in [3.63, 3.8) is 0 Å². The number of aliphatic hydroxyl groups excluding tert-OH is 1. The molecule has 21 heavy (non-hydrogen) atoms. The van der Waals surface area contributed by atoms with Crippen LogP contribution in [0, 0.1) is 0 Å². The van der Waals surface area contributed by atoms with E-state index >= 15 is 0 Å². The SMILES string of the molecule is COc1cc(C=O)cc(Br)c1OCc1ccc(CO)cc1. The lowest BCUT2D eigenvalue weighted by Gasteiger charge is -2.13. The molecule has 0 spiro atoms. The molecule has 0 aliphatic carbocycles. The molecule has 2 aromatic carbocycles. The smallest absolute Gasteiger partial charge is 0.175 e. The predicted molar refractivity (Wildman–Crippen MR) is 82.8 cm³/mol. The Balaban J connectivity index is 2.16. The Labute approximate surface area is 131 Å². The van der Waals surface area contributed by atoms with E-state index in [1.807, 2.05) is 24.3 Å². The average Bonchev–Trinajstić information content (AvgIpc) is 2.53. The second-order valence-electron chi connectivity index (χ2n) is 4.42. The van der Waals surface area contributed by atoms with E-state index in [4.69, 9.17) is 14.6 Å². The lowest BCUT2D eigenvalue weighted by atomic mass is 10.1. The quantitative estimate of drug-likeness (QED) is 0.811. The van der Waals surface area contributed by atoms with Crippen LogP contribution in [0.15, 0.2) is 40.9 Å². The predicted octanol–water partition coefficient (Wildman–Crippen LogP) is 3.34. The van der Waals surface area contributed by atoms with E-state index in [0.717, 1.165) is 17.4 Å². The van der Waals surface area contributed by atoms with Crippen molar-refractivity contribution < 1.29 is 19.4 Å². The fourth-order valence-electron chi connectivity index (χ4n) is 1.84. The van der Waals surface area contributed by atoms with Crippen molar-refractivity contribution in [2.24, 2.45) is 0 Å². The summed E-state index contributed by atoms with van der Waals surface area (Å²) in [5, 5.41) is 9.01. The summed E-state index contributed by atoms with van der Waals surface area (Å²) in [5.41, 5.74) is 2.34. The summed E-state index contributed by atoms with van der Waals surface area (Å²) in [6.07, 6.45) is 0.755. The molecule has 0 aliphatic rings. The Kier molecular flexibility index (Phi) is 5.36. The average molecular weight is 351 g/mol. The third-order valence-corrected chi connectivity index (χ3v) is 3.57. The first-order valence-electron chi connectivity index (χ1n) is 6.32. The summed E-state index contributed by atoms with van der Waals surface area (Å²) < 4.78 is 11.7. The van der Waals surface area contributed by atoms with E-state index in [-0.39, 0.29) is 6.61 Å². The van der Waals surface area contributed by atoms with Crippen molar-refractivity contribution in [3.8, 4) is 11.5 Å². The fraction of sp³-hybridized carbons (Fsp3) is 0.188. The highest BCUT2D eigenvalue weighted by atomic mass is 79.9. The van der Waals surface area contributed by atoms with Crippen LogP contribution in [0.2, 0.25) is 0 Å². The van der Waals surface area contributed by atoms with Gasteiger partial charge in [0, 0.05) is 5.56 Å². The molecule has 0 fully saturated rings. The van der Waals surface area contributed by atoms with Crippen LogP contribution in [-0.4, -0.2) is 18.5 Å². The molecule has 0 amide bonds. The van der Waals surface area contributed by atoms with E-state index in [1.54, 1.807) is 12.1 Å². The maximum atomic E-state index is 10.8. The molecular weight excluding hydrogens is 336 g/mol. The zero-order chi connectivity index (χ0) is 15.2. The Hall–Kier alpha value is -1.85. The topological polar surface area (TPSA) is 55.8 Å². The van der Waals surface area contributed by atoms with E-state index in [9.17, 15) is 4.79 Å². The Morgan fingerprint density at radius 2 is 1.86 bits per heavy atom. The summed E-state index contributed by atoms with van der Waals surface area (Å²) in [6.45, 7) is 0.384. The summed E-state index contributed by atoms with van der Waals surface area (Å²) in [4.78, 5) is 10.8. The van der Waals surface area contributed by atoms with Crippen LogP contribution in [-0.2, 0) is 13.2 Å². The number of benzene rings is 2. The van der Waals surface area contributed by atoms with Gasteiger partial charge in [0.25, 0.3) is 0 Å². The van der Waals surface area contributed by atoms with E-state index < -0.39 is 0 Å². The van der Waals surface area contributed by atoms with Gasteiger partial charge in [0.2, 0.25) is 0 Å². The van der Waals surface area contributed by atoms with Crippen LogP contribution in [0.4, 0.5) is 0 Å². The summed E-state index contributed by atoms with van der Waals surface area (Å²) in [7, 11) is 1.53. The minimum Gasteiger partial charge on any atom is -0.493 e. The highest BCUT2D eigenvalue weighted by molar-refractivity contribution is 9.10. The molecule has 5 heteroatoms. The van der Waals surface area contributed by atoms with Crippen LogP contribution >= 0.6 is 15.9 Å². The van der Waals surface area contributed by atoms with Gasteiger partial charge in [-0.05, 0) is 39.2 Å². The second kappa shape index (κ2) is 7.24. The normalized spacial score (nSPS) is 10.2. The number of halogens is 1. The molecule has 0 radical (unpaired) electrons. The molecule has 2 rings (SSSR count). The lowest BCUT2D eigenvalue weighted by Crippen LogP contribution is -2.00. The molecule has 0 saturated heterocycles. The number of methoxy groups -OCH3 is 1. The number of carbonyl (C=O) groups excluding carboxylic acids is 1. The van der Waals surface area contributed by atoms with Crippen LogP contribution in [0.3, 0.4) is 0 Å². The van der Waals surface area contributed by atoms with Gasteiger partial charge < -0.3 is 14.6 Å². The zero-order valence-corrected chi connectivity index (χ0v) is 13.1. The van der Waals surface area contributed by atoms with Crippen LogP contribution in [0.1, 0.15) is 21.5 Å². The van der Waals surface area contributed by atoms with Gasteiger partial charge in [0.05, 0.1) is 18.2 Å². The third kappa shape index (κ3) is 3.83. The van der Waals surface area contributed by atoms with Gasteiger partial charge >= 0.3 is 0 Å². The molecule has 0 heterocycles. The van der Waals surface area contributed by atoms with E-state index in [2.05, 4.69) is 15.9 Å². The maximum absolute atomic E-state index is 10.8. The Bertz CT molecular complexity index is 623. The zero-order valence-electron chi connectivity index (χ0n) is 11.5. The third-order valence-electron chi connectivity index (χ3n) is 2.98. The monoisotopic (exact) mass is 350 g/mol. The molecule has 0 saturated carbocycles. The molecular formula is C16H15BrO4. The van der Waals surface area contributed by atoms with Crippen molar-refractivity contribution in [1.29, 1.82) is 0 Å². The van der Waals surface area contributed by atoms with Gasteiger partial charge in [0.1, 0.15) is 12.9 Å². The number of carbonyl (C=O) groups is 1. The van der Waals surface area contributed by atoms with Crippen molar-refractivity contribution >= 4 is 22.2 Å². The maximum Gasteiger partial charge on any atom is 0.175 e. The molecule has 0 aromatic heterocycles. The number of hydrogen-bond acceptors (Lipinski definition) is 4. The van der Waals surface area contributed by atoms with Gasteiger partial charge in [-0.2, -0.15) is 0 Å². The fourth-order valence-corrected chi connectivity index (χ4v) is 2.42. The van der Waals surface area contributed by atoms with Crippen molar-refractivity contribution in [2.75, 3.05) is 7.11 Å². The first-order chi connectivity index (χ1) is 10.2. The number of aliphatic hydroxyl groups is 1. The van der Waals surface area contributed by atoms with Crippen LogP contribution in [0.25, 0.3) is 0 Å². The molecule has 4 nitrogen and oxygen atoms in total. The summed E-state index contributed by atoms with van der Waals surface area (Å²) in [5.74, 6) is 1.05. The minimum absolute atomic E-state index is 0.0215. The number of aldehydes is 1. The van der Waals surface area contributed by atoms with E-state index in [1.165, 1.54) is 7.11 Å². The molecule has 0 unspecified atom stereocenters. The molecule has 0 aliphatic heterocycles. The first-order valence-corrected chi connectivity index (χ1v) is 7.11. The molecule has 0 atom stereocenters. The number of ether oxygens (including phenoxy) is 2. The van der Waals surface area contributed by atoms with Gasteiger partial charge in [-0.25, -0.2) is 0 Å². The number of rotatable bonds is 6. The van der Waals surface area contributed by atoms with Crippen molar-refractivity contribution in [2.45, 2.75) is 13.2 Å². The number of hydrogen-bond donors (Lipinski definition) is 1. The minimum atomic E-state index is 0.0215. The molecule has 0 bridgehead atoms. The molecule has 110 valence electrons. The van der Waals surface area contributed by atoms with Crippen LogP contribution < -0.4 is 9.47 Å². The highest BCUT2D eigenvalue weighted by Gasteiger charge is 2.11. The van der Waals surface area contributed by atoms with Gasteiger partial charge in [-0.3, -0.25) is 4.79 Å². The summed E-state index contributed by atoms with van der Waals surface area (Å²) >= 11 is 3.38. The summed E-state index contributed by atoms with van der Waals surface area (Å²) in [6, 6.07) is 10.8. The standard InChI is InChI=1S/C16H15BrO4/c1-20-15-7-13(9-19)6-14(17)16(15)21-10-12-4-2-11(8-18)3-5-12/h2-7,9,18H,8,10H2,1H3.